The van der Waals surface area contributed by atoms with E-state index in [0.29, 0.717) is 15.0 Å². The minimum Gasteiger partial charge on any atom is -0.465 e. The van der Waals surface area contributed by atoms with Gasteiger partial charge in [0.2, 0.25) is 0 Å². The largest absolute Gasteiger partial charge is 0.465 e. The minimum atomic E-state index is -0.483. The Morgan fingerprint density at radius 3 is 2.75 bits per heavy atom. The number of thioether (sulfide) groups is 1. The van der Waals surface area contributed by atoms with Crippen LogP contribution >= 0.6 is 24.0 Å². The molecule has 1 aromatic carbocycles. The van der Waals surface area contributed by atoms with Gasteiger partial charge in [-0.15, -0.1) is 0 Å². The first-order valence-corrected chi connectivity index (χ1v) is 6.95. The zero-order valence-electron chi connectivity index (χ0n) is 10.1. The minimum absolute atomic E-state index is 0.165. The van der Waals surface area contributed by atoms with E-state index in [1.54, 1.807) is 30.3 Å². The highest BCUT2D eigenvalue weighted by Gasteiger charge is 2.34. The summed E-state index contributed by atoms with van der Waals surface area (Å²) in [7, 11) is 0. The SMILES string of the molecule is O=C1/C(=C\c2ccco2)SC(=S)N1c1ccccc1F. The van der Waals surface area contributed by atoms with Crippen molar-refractivity contribution in [2.24, 2.45) is 0 Å². The van der Waals surface area contributed by atoms with Crippen LogP contribution < -0.4 is 4.90 Å². The van der Waals surface area contributed by atoms with E-state index in [2.05, 4.69) is 0 Å². The van der Waals surface area contributed by atoms with Crippen molar-refractivity contribution in [3.8, 4) is 0 Å². The Bertz CT molecular complexity index is 710. The molecule has 0 bridgehead atoms. The third-order valence-corrected chi connectivity index (χ3v) is 4.01. The maximum absolute atomic E-state index is 13.8. The molecule has 0 aliphatic carbocycles. The van der Waals surface area contributed by atoms with Crippen molar-refractivity contribution in [3.63, 3.8) is 0 Å². The molecular formula is C14H8FNO2S2. The number of amides is 1. The molecule has 6 heteroatoms. The summed E-state index contributed by atoms with van der Waals surface area (Å²) in [4.78, 5) is 13.9. The predicted molar refractivity (Wildman–Crippen MR) is 80.8 cm³/mol. The lowest BCUT2D eigenvalue weighted by Gasteiger charge is -2.14. The summed E-state index contributed by atoms with van der Waals surface area (Å²) in [6.07, 6.45) is 3.11. The molecule has 0 unspecified atom stereocenters. The number of para-hydroxylation sites is 1. The van der Waals surface area contributed by atoms with Crippen LogP contribution in [0.3, 0.4) is 0 Å². The van der Waals surface area contributed by atoms with E-state index in [0.717, 1.165) is 11.8 Å². The number of hydrogen-bond acceptors (Lipinski definition) is 4. The lowest BCUT2D eigenvalue weighted by Crippen LogP contribution is -2.28. The summed E-state index contributed by atoms with van der Waals surface area (Å²) in [6, 6.07) is 9.50. The molecule has 1 aliphatic heterocycles. The molecule has 1 aliphatic rings. The lowest BCUT2D eigenvalue weighted by molar-refractivity contribution is -0.113. The molecule has 1 aromatic heterocycles. The number of benzene rings is 1. The van der Waals surface area contributed by atoms with Crippen LogP contribution in [0.5, 0.6) is 0 Å². The van der Waals surface area contributed by atoms with Crippen LogP contribution in [0.2, 0.25) is 0 Å². The van der Waals surface area contributed by atoms with Crippen molar-refractivity contribution in [1.29, 1.82) is 0 Å². The van der Waals surface area contributed by atoms with Crippen LogP contribution in [0.4, 0.5) is 10.1 Å². The van der Waals surface area contributed by atoms with Crippen molar-refractivity contribution < 1.29 is 13.6 Å². The second-order valence-corrected chi connectivity index (χ2v) is 5.66. The van der Waals surface area contributed by atoms with E-state index in [4.69, 9.17) is 16.6 Å². The van der Waals surface area contributed by atoms with Gasteiger partial charge in [0.15, 0.2) is 4.32 Å². The molecule has 0 spiro atoms. The van der Waals surface area contributed by atoms with Gasteiger partial charge < -0.3 is 4.42 Å². The van der Waals surface area contributed by atoms with Crippen LogP contribution in [0.1, 0.15) is 5.76 Å². The molecule has 0 atom stereocenters. The van der Waals surface area contributed by atoms with Gasteiger partial charge in [0.05, 0.1) is 16.9 Å². The first kappa shape index (κ1) is 13.1. The zero-order valence-corrected chi connectivity index (χ0v) is 11.7. The molecule has 100 valence electrons. The summed E-state index contributed by atoms with van der Waals surface area (Å²) >= 11 is 6.29. The van der Waals surface area contributed by atoms with Gasteiger partial charge in [-0.25, -0.2) is 4.39 Å². The fraction of sp³-hybridized carbons (Fsp3) is 0. The average Bonchev–Trinajstić information content (AvgIpc) is 3.01. The number of furan rings is 1. The van der Waals surface area contributed by atoms with E-state index in [9.17, 15) is 9.18 Å². The van der Waals surface area contributed by atoms with E-state index < -0.39 is 5.82 Å². The maximum atomic E-state index is 13.8. The van der Waals surface area contributed by atoms with Gasteiger partial charge in [-0.1, -0.05) is 36.1 Å². The van der Waals surface area contributed by atoms with E-state index in [1.807, 2.05) is 0 Å². The number of anilines is 1. The molecule has 2 heterocycles. The van der Waals surface area contributed by atoms with Crippen LogP contribution in [0.25, 0.3) is 6.08 Å². The van der Waals surface area contributed by atoms with Gasteiger partial charge in [0.25, 0.3) is 5.91 Å². The molecule has 0 saturated carbocycles. The zero-order chi connectivity index (χ0) is 14.1. The summed E-state index contributed by atoms with van der Waals surface area (Å²) in [5.41, 5.74) is 0.165. The quantitative estimate of drug-likeness (QED) is 0.624. The van der Waals surface area contributed by atoms with Crippen LogP contribution in [0.15, 0.2) is 52.0 Å². The molecule has 1 saturated heterocycles. The number of carbonyl (C=O) groups is 1. The van der Waals surface area contributed by atoms with Gasteiger partial charge in [-0.05, 0) is 24.3 Å². The number of hydrogen-bond donors (Lipinski definition) is 0. The standard InChI is InChI=1S/C14H8FNO2S2/c15-10-5-1-2-6-11(10)16-13(17)12(20-14(16)19)8-9-4-3-7-18-9/h1-8H/b12-8+. The average molecular weight is 305 g/mol. The molecule has 3 rings (SSSR count). The molecule has 2 aromatic rings. The highest BCUT2D eigenvalue weighted by Crippen LogP contribution is 2.36. The fourth-order valence-corrected chi connectivity index (χ4v) is 3.08. The van der Waals surface area contributed by atoms with Crippen molar-refractivity contribution in [2.75, 3.05) is 4.90 Å². The monoisotopic (exact) mass is 305 g/mol. The number of rotatable bonds is 2. The third-order valence-electron chi connectivity index (χ3n) is 2.70. The Morgan fingerprint density at radius 2 is 2.05 bits per heavy atom. The van der Waals surface area contributed by atoms with Crippen LogP contribution in [0, 0.1) is 5.82 Å². The molecule has 0 N–H and O–H groups in total. The van der Waals surface area contributed by atoms with Crippen molar-refractivity contribution in [1.82, 2.24) is 0 Å². The summed E-state index contributed by atoms with van der Waals surface area (Å²) < 4.78 is 19.3. The number of thiocarbonyl (C=S) groups is 1. The smallest absolute Gasteiger partial charge is 0.270 e. The predicted octanol–water partition coefficient (Wildman–Crippen LogP) is 3.82. The van der Waals surface area contributed by atoms with Gasteiger partial charge in [-0.2, -0.15) is 0 Å². The van der Waals surface area contributed by atoms with Crippen LogP contribution in [-0.4, -0.2) is 10.2 Å². The Morgan fingerprint density at radius 1 is 1.25 bits per heavy atom. The second-order valence-electron chi connectivity index (χ2n) is 3.98. The molecule has 0 radical (unpaired) electrons. The van der Waals surface area contributed by atoms with Gasteiger partial charge >= 0.3 is 0 Å². The van der Waals surface area contributed by atoms with Crippen molar-refractivity contribution in [3.05, 3.63) is 59.1 Å². The summed E-state index contributed by atoms with van der Waals surface area (Å²) in [5.74, 6) is -0.274. The van der Waals surface area contributed by atoms with Gasteiger partial charge in [-0.3, -0.25) is 9.69 Å². The highest BCUT2D eigenvalue weighted by molar-refractivity contribution is 8.27. The first-order valence-electron chi connectivity index (χ1n) is 5.73. The lowest BCUT2D eigenvalue weighted by atomic mass is 10.2. The van der Waals surface area contributed by atoms with Crippen molar-refractivity contribution in [2.45, 2.75) is 0 Å². The topological polar surface area (TPSA) is 33.5 Å². The number of halogens is 1. The summed E-state index contributed by atoms with van der Waals surface area (Å²) in [5, 5.41) is 0. The molecule has 1 fully saturated rings. The third kappa shape index (κ3) is 2.28. The second kappa shape index (κ2) is 5.22. The Labute approximate surface area is 124 Å². The summed E-state index contributed by atoms with van der Waals surface area (Å²) in [6.45, 7) is 0. The fourth-order valence-electron chi connectivity index (χ4n) is 1.81. The van der Waals surface area contributed by atoms with Gasteiger partial charge in [0, 0.05) is 6.08 Å². The van der Waals surface area contributed by atoms with E-state index in [-0.39, 0.29) is 11.6 Å². The normalized spacial score (nSPS) is 17.2. The van der Waals surface area contributed by atoms with E-state index >= 15 is 0 Å². The molecule has 1 amide bonds. The van der Waals surface area contributed by atoms with Crippen LogP contribution in [-0.2, 0) is 4.79 Å². The Kier molecular flexibility index (Phi) is 3.42. The Balaban J connectivity index is 1.98. The van der Waals surface area contributed by atoms with E-state index in [1.165, 1.54) is 23.3 Å². The molecule has 20 heavy (non-hydrogen) atoms. The Hall–Kier alpha value is -1.92. The highest BCUT2D eigenvalue weighted by atomic mass is 32.2. The maximum Gasteiger partial charge on any atom is 0.270 e. The first-order chi connectivity index (χ1) is 9.66. The van der Waals surface area contributed by atoms with Crippen molar-refractivity contribution >= 4 is 46.0 Å². The molecular weight excluding hydrogens is 297 g/mol. The number of carbonyl (C=O) groups excluding carboxylic acids is 1. The van der Waals surface area contributed by atoms with Gasteiger partial charge in [0.1, 0.15) is 11.6 Å². The molecule has 3 nitrogen and oxygen atoms in total. The number of nitrogens with zero attached hydrogens (tertiary/aromatic N) is 1.